The summed E-state index contributed by atoms with van der Waals surface area (Å²) in [5, 5.41) is 17.2. The maximum absolute atomic E-state index is 8.86. The monoisotopic (exact) mass is 248 g/mol. The summed E-state index contributed by atoms with van der Waals surface area (Å²) in [4.78, 5) is 0. The molecule has 18 heavy (non-hydrogen) atoms. The maximum Gasteiger partial charge on any atom is 0.100 e. The van der Waals surface area contributed by atoms with Crippen molar-refractivity contribution in [2.45, 2.75) is 45.6 Å². The molecule has 1 aliphatic heterocycles. The van der Waals surface area contributed by atoms with Crippen molar-refractivity contribution in [3.8, 4) is 6.07 Å². The number of nitrogens with zero attached hydrogens (tertiary/aromatic N) is 4. The quantitative estimate of drug-likeness (QED) is 0.798. The van der Waals surface area contributed by atoms with Gasteiger partial charge in [0.05, 0.1) is 24.8 Å². The summed E-state index contributed by atoms with van der Waals surface area (Å²) in [5.74, 6) is 0.997. The van der Waals surface area contributed by atoms with Gasteiger partial charge in [-0.2, -0.15) is 5.26 Å². The minimum Gasteiger partial charge on any atom is -0.381 e. The predicted molar refractivity (Wildman–Crippen MR) is 67.0 cm³/mol. The number of nitriles is 1. The van der Waals surface area contributed by atoms with Crippen LogP contribution in [0.5, 0.6) is 0 Å². The normalized spacial score (nSPS) is 19.3. The van der Waals surface area contributed by atoms with Gasteiger partial charge in [0.1, 0.15) is 5.69 Å². The van der Waals surface area contributed by atoms with E-state index in [1.807, 2.05) is 4.68 Å². The van der Waals surface area contributed by atoms with Gasteiger partial charge in [0, 0.05) is 19.1 Å². The molecule has 1 fully saturated rings. The predicted octanol–water partition coefficient (Wildman–Crippen LogP) is 1.89. The van der Waals surface area contributed by atoms with Crippen LogP contribution in [0, 0.1) is 17.2 Å². The van der Waals surface area contributed by atoms with Gasteiger partial charge < -0.3 is 4.74 Å². The van der Waals surface area contributed by atoms with Crippen LogP contribution in [0.2, 0.25) is 0 Å². The Bertz CT molecular complexity index is 427. The molecule has 0 aliphatic carbocycles. The number of hydrogen-bond acceptors (Lipinski definition) is 4. The average molecular weight is 248 g/mol. The molecule has 2 heterocycles. The topological polar surface area (TPSA) is 63.7 Å². The summed E-state index contributed by atoms with van der Waals surface area (Å²) in [5.41, 5.74) is 1.95. The molecule has 0 N–H and O–H groups in total. The fourth-order valence-corrected chi connectivity index (χ4v) is 2.30. The van der Waals surface area contributed by atoms with Gasteiger partial charge in [-0.05, 0) is 18.8 Å². The second-order valence-electron chi connectivity index (χ2n) is 5.22. The number of ether oxygens (including phenoxy) is 1. The zero-order valence-corrected chi connectivity index (χ0v) is 11.1. The molecular formula is C13H20N4O. The van der Waals surface area contributed by atoms with Gasteiger partial charge in [-0.3, -0.25) is 0 Å². The average Bonchev–Trinajstić information content (AvgIpc) is 2.95. The van der Waals surface area contributed by atoms with Crippen molar-refractivity contribution >= 4 is 0 Å². The molecule has 1 aliphatic rings. The van der Waals surface area contributed by atoms with E-state index < -0.39 is 0 Å². The van der Waals surface area contributed by atoms with Crippen LogP contribution in [0.4, 0.5) is 0 Å². The summed E-state index contributed by atoms with van der Waals surface area (Å²) in [6.07, 6.45) is 2.43. The lowest BCUT2D eigenvalue weighted by Gasteiger charge is -2.13. The van der Waals surface area contributed by atoms with Crippen molar-refractivity contribution in [1.82, 2.24) is 15.0 Å². The lowest BCUT2D eigenvalue weighted by atomic mass is 10.0. The van der Waals surface area contributed by atoms with E-state index in [9.17, 15) is 0 Å². The molecule has 1 aromatic heterocycles. The Morgan fingerprint density at radius 2 is 2.39 bits per heavy atom. The molecule has 1 atom stereocenters. The molecule has 0 amide bonds. The number of hydrogen-bond donors (Lipinski definition) is 0. The highest BCUT2D eigenvalue weighted by molar-refractivity contribution is 5.20. The molecule has 1 saturated heterocycles. The molecule has 0 saturated carbocycles. The fourth-order valence-electron chi connectivity index (χ4n) is 2.30. The smallest absolute Gasteiger partial charge is 0.100 e. The first-order valence-electron chi connectivity index (χ1n) is 6.59. The molecule has 1 aromatic rings. The van der Waals surface area contributed by atoms with Gasteiger partial charge in [0.15, 0.2) is 0 Å². The lowest BCUT2D eigenvalue weighted by molar-refractivity contribution is 0.193. The van der Waals surface area contributed by atoms with E-state index in [0.29, 0.717) is 18.3 Å². The Morgan fingerprint density at radius 3 is 3.00 bits per heavy atom. The van der Waals surface area contributed by atoms with Gasteiger partial charge in [-0.1, -0.05) is 19.1 Å². The highest BCUT2D eigenvalue weighted by Crippen LogP contribution is 2.27. The Balaban J connectivity index is 2.20. The Morgan fingerprint density at radius 1 is 1.56 bits per heavy atom. The number of aryl methyl sites for hydroxylation is 1. The van der Waals surface area contributed by atoms with Gasteiger partial charge >= 0.3 is 0 Å². The number of aromatic nitrogens is 3. The molecule has 0 spiro atoms. The van der Waals surface area contributed by atoms with Gasteiger partial charge in [-0.15, -0.1) is 5.10 Å². The van der Waals surface area contributed by atoms with Crippen molar-refractivity contribution < 1.29 is 4.74 Å². The third-order valence-electron chi connectivity index (χ3n) is 3.33. The highest BCUT2D eigenvalue weighted by Gasteiger charge is 2.26. The first kappa shape index (κ1) is 13.0. The zero-order valence-electron chi connectivity index (χ0n) is 11.1. The van der Waals surface area contributed by atoms with E-state index in [4.69, 9.17) is 10.00 Å². The van der Waals surface area contributed by atoms with Gasteiger partial charge in [0.2, 0.25) is 0 Å². The highest BCUT2D eigenvalue weighted by atomic mass is 16.5. The van der Waals surface area contributed by atoms with Crippen molar-refractivity contribution in [3.05, 3.63) is 11.4 Å². The van der Waals surface area contributed by atoms with E-state index in [0.717, 1.165) is 44.0 Å². The second-order valence-corrected chi connectivity index (χ2v) is 5.22. The first-order valence-corrected chi connectivity index (χ1v) is 6.59. The van der Waals surface area contributed by atoms with Crippen molar-refractivity contribution in [2.75, 3.05) is 13.2 Å². The maximum atomic E-state index is 8.86. The minimum atomic E-state index is 0.341. The minimum absolute atomic E-state index is 0.341. The Labute approximate surface area is 108 Å². The molecule has 0 aromatic carbocycles. The number of rotatable bonds is 5. The summed E-state index contributed by atoms with van der Waals surface area (Å²) in [7, 11) is 0. The van der Waals surface area contributed by atoms with E-state index in [2.05, 4.69) is 30.2 Å². The van der Waals surface area contributed by atoms with E-state index in [-0.39, 0.29) is 0 Å². The van der Waals surface area contributed by atoms with Crippen LogP contribution in [-0.2, 0) is 17.7 Å². The van der Waals surface area contributed by atoms with Crippen molar-refractivity contribution in [1.29, 1.82) is 5.26 Å². The van der Waals surface area contributed by atoms with Crippen LogP contribution < -0.4 is 0 Å². The molecule has 5 heteroatoms. The largest absolute Gasteiger partial charge is 0.381 e. The van der Waals surface area contributed by atoms with E-state index >= 15 is 0 Å². The Hall–Kier alpha value is -1.41. The summed E-state index contributed by atoms with van der Waals surface area (Å²) < 4.78 is 7.42. The summed E-state index contributed by atoms with van der Waals surface area (Å²) in [6, 6.07) is 2.17. The molecule has 1 unspecified atom stereocenters. The van der Waals surface area contributed by atoms with Gasteiger partial charge in [0.25, 0.3) is 0 Å². The molecule has 5 nitrogen and oxygen atoms in total. The Kier molecular flexibility index (Phi) is 4.32. The molecule has 0 bridgehead atoms. The molecule has 2 rings (SSSR count). The van der Waals surface area contributed by atoms with E-state index in [1.54, 1.807) is 0 Å². The summed E-state index contributed by atoms with van der Waals surface area (Å²) >= 11 is 0. The SMILES string of the molecule is CC(C)CCn1nnc(CC#N)c1C1CCOC1. The molecular weight excluding hydrogens is 228 g/mol. The first-order chi connectivity index (χ1) is 8.72. The van der Waals surface area contributed by atoms with Crippen molar-refractivity contribution in [3.63, 3.8) is 0 Å². The van der Waals surface area contributed by atoms with Crippen LogP contribution in [-0.4, -0.2) is 28.2 Å². The third kappa shape index (κ3) is 2.88. The summed E-state index contributed by atoms with van der Waals surface area (Å²) in [6.45, 7) is 6.80. The zero-order chi connectivity index (χ0) is 13.0. The lowest BCUT2D eigenvalue weighted by Crippen LogP contribution is -2.12. The van der Waals surface area contributed by atoms with Gasteiger partial charge in [-0.25, -0.2) is 4.68 Å². The van der Waals surface area contributed by atoms with Crippen LogP contribution in [0.1, 0.15) is 44.0 Å². The standard InChI is InChI=1S/C13H20N4O/c1-10(2)4-7-17-13(11-5-8-18-9-11)12(3-6-14)15-16-17/h10-11H,3-5,7-9H2,1-2H3. The third-order valence-corrected chi connectivity index (χ3v) is 3.33. The van der Waals surface area contributed by atoms with Crippen LogP contribution in [0.15, 0.2) is 0 Å². The van der Waals surface area contributed by atoms with Crippen LogP contribution in [0.3, 0.4) is 0 Å². The fraction of sp³-hybridized carbons (Fsp3) is 0.769. The van der Waals surface area contributed by atoms with Crippen LogP contribution >= 0.6 is 0 Å². The molecule has 98 valence electrons. The van der Waals surface area contributed by atoms with Crippen LogP contribution in [0.25, 0.3) is 0 Å². The van der Waals surface area contributed by atoms with E-state index in [1.165, 1.54) is 0 Å². The molecule has 0 radical (unpaired) electrons. The second kappa shape index (κ2) is 5.96. The van der Waals surface area contributed by atoms with Crippen molar-refractivity contribution in [2.24, 2.45) is 5.92 Å².